The largest absolute Gasteiger partial charge is 0.417 e. The summed E-state index contributed by atoms with van der Waals surface area (Å²) >= 11 is 1.11. The predicted molar refractivity (Wildman–Crippen MR) is 156 cm³/mol. The molecule has 2 saturated heterocycles. The topological polar surface area (TPSA) is 91.1 Å². The minimum absolute atomic E-state index is 0.00132. The fourth-order valence-corrected chi connectivity index (χ4v) is 7.79. The van der Waals surface area contributed by atoms with Gasteiger partial charge in [0.25, 0.3) is 5.92 Å². The highest BCUT2D eigenvalue weighted by Gasteiger charge is 2.36. The second-order valence-corrected chi connectivity index (χ2v) is 14.7. The maximum atomic E-state index is 14.0. The Hall–Kier alpha value is -1.82. The van der Waals surface area contributed by atoms with Crippen LogP contribution in [0.5, 0.6) is 0 Å². The molecule has 0 spiro atoms. The summed E-state index contributed by atoms with van der Waals surface area (Å²) in [5.74, 6) is -2.26. The quantitative estimate of drug-likeness (QED) is 0.305. The zero-order valence-electron chi connectivity index (χ0n) is 24.5. The van der Waals surface area contributed by atoms with Gasteiger partial charge >= 0.3 is 6.18 Å². The molecule has 2 fully saturated rings. The molecule has 9 nitrogen and oxygen atoms in total. The Morgan fingerprint density at radius 2 is 1.77 bits per heavy atom. The maximum Gasteiger partial charge on any atom is 0.417 e. The van der Waals surface area contributed by atoms with Crippen LogP contribution in [0.3, 0.4) is 0 Å². The van der Waals surface area contributed by atoms with Crippen molar-refractivity contribution >= 4 is 21.8 Å². The van der Waals surface area contributed by atoms with Crippen LogP contribution in [0.4, 0.5) is 22.0 Å². The van der Waals surface area contributed by atoms with E-state index in [2.05, 4.69) is 4.90 Å². The number of alkyl halides is 5. The van der Waals surface area contributed by atoms with Gasteiger partial charge in [-0.25, -0.2) is 17.2 Å². The van der Waals surface area contributed by atoms with Crippen molar-refractivity contribution in [3.63, 3.8) is 0 Å². The van der Waals surface area contributed by atoms with E-state index in [1.165, 1.54) is 16.4 Å². The molecule has 3 aliphatic rings. The SMILES string of the molecule is CS(=O)(=O)N1CCc2c(c(-c3ccc(C(F)(F)F)c(SCCN4CCOCC4)c3)nn2CC(O)CN2CCC(F)(F)CC2)C1. The Labute approximate surface area is 258 Å². The molecule has 1 N–H and O–H groups in total. The van der Waals surface area contributed by atoms with Crippen LogP contribution in [0.15, 0.2) is 23.1 Å². The molecule has 246 valence electrons. The smallest absolute Gasteiger partial charge is 0.390 e. The number of thioether (sulfide) groups is 1. The fourth-order valence-electron chi connectivity index (χ4n) is 5.88. The molecule has 4 heterocycles. The van der Waals surface area contributed by atoms with Crippen LogP contribution >= 0.6 is 11.8 Å². The Balaban J connectivity index is 1.41. The van der Waals surface area contributed by atoms with Gasteiger partial charge in [-0.05, 0) is 12.1 Å². The second kappa shape index (κ2) is 13.5. The third-order valence-corrected chi connectivity index (χ3v) is 10.6. The van der Waals surface area contributed by atoms with E-state index in [1.807, 2.05) is 0 Å². The molecular weight excluding hydrogens is 629 g/mol. The molecule has 1 aromatic carbocycles. The number of hydrogen-bond acceptors (Lipinski definition) is 8. The first-order valence-corrected chi connectivity index (χ1v) is 17.5. The fraction of sp³-hybridized carbons (Fsp3) is 0.679. The number of piperidine rings is 1. The lowest BCUT2D eigenvalue weighted by Gasteiger charge is -2.33. The summed E-state index contributed by atoms with van der Waals surface area (Å²) in [4.78, 5) is 3.98. The Morgan fingerprint density at radius 3 is 2.43 bits per heavy atom. The van der Waals surface area contributed by atoms with Gasteiger partial charge in [-0.1, -0.05) is 6.07 Å². The standard InChI is InChI=1S/C28H38F5N5O4S2/c1-44(40,41)37-7-4-24-22(19-37)26(34-38(24)18-21(39)17-36-8-5-27(29,30)6-9-36)20-2-3-23(28(31,32)33)25(16-20)43-15-12-35-10-13-42-14-11-35/h2-3,16,21,39H,4-15,17-19H2,1H3. The number of aromatic nitrogens is 2. The number of β-amino-alcohol motifs (C(OH)–C–C–N with tert-alkyl or cyclic N) is 1. The van der Waals surface area contributed by atoms with Gasteiger partial charge in [-0.3, -0.25) is 9.58 Å². The summed E-state index contributed by atoms with van der Waals surface area (Å²) in [6.07, 6.45) is -4.64. The van der Waals surface area contributed by atoms with Gasteiger partial charge in [-0.2, -0.15) is 22.6 Å². The van der Waals surface area contributed by atoms with Gasteiger partial charge in [-0.15, -0.1) is 11.8 Å². The van der Waals surface area contributed by atoms with E-state index in [9.17, 15) is 35.5 Å². The van der Waals surface area contributed by atoms with E-state index in [0.717, 1.165) is 37.2 Å². The number of sulfonamides is 1. The Bertz CT molecular complexity index is 1410. The van der Waals surface area contributed by atoms with Gasteiger partial charge in [0.2, 0.25) is 10.0 Å². The number of aliphatic hydroxyl groups is 1. The highest BCUT2D eigenvalue weighted by molar-refractivity contribution is 7.99. The van der Waals surface area contributed by atoms with Crippen LogP contribution in [0, 0.1) is 0 Å². The van der Waals surface area contributed by atoms with Crippen molar-refractivity contribution in [3.05, 3.63) is 35.0 Å². The number of hydrogen-bond donors (Lipinski definition) is 1. The van der Waals surface area contributed by atoms with E-state index < -0.39 is 33.8 Å². The lowest BCUT2D eigenvalue weighted by Crippen LogP contribution is -2.43. The maximum absolute atomic E-state index is 14.0. The molecule has 5 rings (SSSR count). The minimum atomic E-state index is -4.56. The number of benzene rings is 1. The highest BCUT2D eigenvalue weighted by Crippen LogP contribution is 2.40. The van der Waals surface area contributed by atoms with Crippen molar-refractivity contribution < 1.29 is 40.2 Å². The normalized spacial score (nSPS) is 21.3. The van der Waals surface area contributed by atoms with Gasteiger partial charge in [0.15, 0.2) is 0 Å². The number of rotatable bonds is 10. The number of fused-ring (bicyclic) bond motifs is 1. The molecule has 0 radical (unpaired) electrons. The van der Waals surface area contributed by atoms with Gasteiger partial charge in [0, 0.05) is 99.1 Å². The van der Waals surface area contributed by atoms with E-state index in [0.29, 0.717) is 54.4 Å². The van der Waals surface area contributed by atoms with Crippen LogP contribution in [-0.4, -0.2) is 120 Å². The second-order valence-electron chi connectivity index (χ2n) is 11.6. The molecule has 1 aromatic heterocycles. The zero-order chi connectivity index (χ0) is 31.7. The van der Waals surface area contributed by atoms with Crippen LogP contribution in [0.1, 0.15) is 29.7 Å². The molecule has 1 unspecified atom stereocenters. The molecule has 0 bridgehead atoms. The Kier molecular flexibility index (Phi) is 10.3. The molecular formula is C28H38F5N5O4S2. The van der Waals surface area contributed by atoms with Crippen LogP contribution in [0.25, 0.3) is 11.3 Å². The summed E-state index contributed by atoms with van der Waals surface area (Å²) < 4.78 is 102. The minimum Gasteiger partial charge on any atom is -0.390 e. The number of likely N-dealkylation sites (tertiary alicyclic amines) is 1. The van der Waals surface area contributed by atoms with Crippen molar-refractivity contribution in [3.8, 4) is 11.3 Å². The predicted octanol–water partition coefficient (Wildman–Crippen LogP) is 3.40. The van der Waals surface area contributed by atoms with Crippen molar-refractivity contribution in [1.29, 1.82) is 0 Å². The number of nitrogens with zero attached hydrogens (tertiary/aromatic N) is 5. The van der Waals surface area contributed by atoms with Crippen LogP contribution < -0.4 is 0 Å². The van der Waals surface area contributed by atoms with Crippen LogP contribution in [-0.2, 0) is 40.4 Å². The first-order valence-electron chi connectivity index (χ1n) is 14.7. The molecule has 1 atom stereocenters. The number of ether oxygens (including phenoxy) is 1. The lowest BCUT2D eigenvalue weighted by molar-refractivity contribution is -0.139. The first kappa shape index (κ1) is 33.5. The van der Waals surface area contributed by atoms with Crippen molar-refractivity contribution in [2.75, 3.05) is 71.0 Å². The van der Waals surface area contributed by atoms with E-state index >= 15 is 0 Å². The number of morpholine rings is 1. The summed E-state index contributed by atoms with van der Waals surface area (Å²) in [6, 6.07) is 3.85. The van der Waals surface area contributed by atoms with E-state index in [-0.39, 0.29) is 57.0 Å². The number of aliphatic hydroxyl groups excluding tert-OH is 1. The van der Waals surface area contributed by atoms with Gasteiger partial charge in [0.05, 0.1) is 43.4 Å². The average Bonchev–Trinajstić information content (AvgIpc) is 3.31. The molecule has 3 aliphatic heterocycles. The lowest BCUT2D eigenvalue weighted by atomic mass is 10.0. The third kappa shape index (κ3) is 8.30. The van der Waals surface area contributed by atoms with Crippen LogP contribution in [0.2, 0.25) is 0 Å². The van der Waals surface area contributed by atoms with Gasteiger partial charge < -0.3 is 14.7 Å². The Morgan fingerprint density at radius 1 is 1.07 bits per heavy atom. The molecule has 2 aromatic rings. The molecule has 0 aliphatic carbocycles. The molecule has 44 heavy (non-hydrogen) atoms. The van der Waals surface area contributed by atoms with Crippen molar-refractivity contribution in [1.82, 2.24) is 23.9 Å². The average molecular weight is 668 g/mol. The monoisotopic (exact) mass is 667 g/mol. The first-order chi connectivity index (χ1) is 20.7. The summed E-state index contributed by atoms with van der Waals surface area (Å²) in [5.41, 5.74) is 1.31. The summed E-state index contributed by atoms with van der Waals surface area (Å²) in [7, 11) is -3.55. The van der Waals surface area contributed by atoms with E-state index in [4.69, 9.17) is 9.84 Å². The van der Waals surface area contributed by atoms with Gasteiger partial charge in [0.1, 0.15) is 0 Å². The summed E-state index contributed by atoms with van der Waals surface area (Å²) in [5, 5.41) is 15.6. The summed E-state index contributed by atoms with van der Waals surface area (Å²) in [6.45, 7) is 3.97. The van der Waals surface area contributed by atoms with Crippen molar-refractivity contribution in [2.24, 2.45) is 0 Å². The van der Waals surface area contributed by atoms with E-state index in [1.54, 1.807) is 9.58 Å². The molecule has 0 amide bonds. The molecule has 0 saturated carbocycles. The third-order valence-electron chi connectivity index (χ3n) is 8.34. The highest BCUT2D eigenvalue weighted by atomic mass is 32.2. The van der Waals surface area contributed by atoms with Crippen molar-refractivity contribution in [2.45, 2.75) is 55.5 Å². The zero-order valence-corrected chi connectivity index (χ0v) is 26.2. The molecule has 16 heteroatoms. The number of halogens is 5.